The summed E-state index contributed by atoms with van der Waals surface area (Å²) < 4.78 is 2.25. The Kier molecular flexibility index (Phi) is 5.95. The van der Waals surface area contributed by atoms with Crippen molar-refractivity contribution in [1.29, 1.82) is 0 Å². The number of benzene rings is 2. The van der Waals surface area contributed by atoms with Gasteiger partial charge in [0.15, 0.2) is 0 Å². The van der Waals surface area contributed by atoms with Gasteiger partial charge in [-0.3, -0.25) is 0 Å². The highest BCUT2D eigenvalue weighted by Gasteiger charge is 2.04. The van der Waals surface area contributed by atoms with Crippen molar-refractivity contribution >= 4 is 43.6 Å². The zero-order chi connectivity index (χ0) is 13.7. The van der Waals surface area contributed by atoms with Gasteiger partial charge in [-0.25, -0.2) is 0 Å². The number of nitrogens with one attached hydrogen (secondary N) is 1. The molecule has 0 heterocycles. The number of rotatable bonds is 5. The van der Waals surface area contributed by atoms with Crippen LogP contribution < -0.4 is 5.32 Å². The van der Waals surface area contributed by atoms with E-state index in [1.165, 1.54) is 15.4 Å². The third-order valence-corrected chi connectivity index (χ3v) is 5.08. The Morgan fingerprint density at radius 3 is 2.63 bits per heavy atom. The molecule has 0 radical (unpaired) electrons. The van der Waals surface area contributed by atoms with E-state index in [0.29, 0.717) is 0 Å². The number of halogens is 2. The summed E-state index contributed by atoms with van der Waals surface area (Å²) in [6, 6.07) is 14.9. The molecular weight excluding hydrogens is 386 g/mol. The van der Waals surface area contributed by atoms with Crippen LogP contribution in [0, 0.1) is 0 Å². The van der Waals surface area contributed by atoms with Gasteiger partial charge < -0.3 is 5.32 Å². The summed E-state index contributed by atoms with van der Waals surface area (Å²) in [6.07, 6.45) is 0. The van der Waals surface area contributed by atoms with E-state index in [0.717, 1.165) is 22.0 Å². The second-order valence-corrected chi connectivity index (χ2v) is 6.99. The van der Waals surface area contributed by atoms with Crippen LogP contribution in [0.4, 0.5) is 0 Å². The fourth-order valence-electron chi connectivity index (χ4n) is 1.66. The topological polar surface area (TPSA) is 12.0 Å². The summed E-state index contributed by atoms with van der Waals surface area (Å²) in [6.45, 7) is 4.02. The Bertz CT molecular complexity index is 558. The zero-order valence-electron chi connectivity index (χ0n) is 10.6. The molecule has 0 unspecified atom stereocenters. The second-order valence-electron chi connectivity index (χ2n) is 4.10. The molecule has 0 atom stereocenters. The van der Waals surface area contributed by atoms with Crippen molar-refractivity contribution in [3.05, 3.63) is 57.0 Å². The van der Waals surface area contributed by atoms with Crippen molar-refractivity contribution < 1.29 is 0 Å². The predicted octanol–water partition coefficient (Wildman–Crippen LogP) is 5.47. The summed E-state index contributed by atoms with van der Waals surface area (Å²) in [5, 5.41) is 3.33. The van der Waals surface area contributed by atoms with Gasteiger partial charge in [-0.2, -0.15) is 0 Å². The van der Waals surface area contributed by atoms with Gasteiger partial charge in [0.1, 0.15) is 0 Å². The van der Waals surface area contributed by atoms with Gasteiger partial charge in [0.25, 0.3) is 0 Å². The lowest BCUT2D eigenvalue weighted by Gasteiger charge is -2.08. The van der Waals surface area contributed by atoms with Crippen LogP contribution in [0.25, 0.3) is 0 Å². The summed E-state index contributed by atoms with van der Waals surface area (Å²) in [5.41, 5.74) is 1.30. The van der Waals surface area contributed by atoms with E-state index >= 15 is 0 Å². The molecule has 0 aliphatic carbocycles. The second kappa shape index (κ2) is 7.48. The maximum absolute atomic E-state index is 3.65. The molecule has 0 aliphatic rings. The summed E-state index contributed by atoms with van der Waals surface area (Å²) in [4.78, 5) is 2.47. The highest BCUT2D eigenvalue weighted by molar-refractivity contribution is 9.10. The van der Waals surface area contributed by atoms with Crippen molar-refractivity contribution in [2.24, 2.45) is 0 Å². The SMILES string of the molecule is CCNCc1ccc(Sc2cccc(Br)c2)c(Br)c1. The Morgan fingerprint density at radius 1 is 1.11 bits per heavy atom. The third-order valence-electron chi connectivity index (χ3n) is 2.60. The van der Waals surface area contributed by atoms with E-state index in [9.17, 15) is 0 Å². The smallest absolute Gasteiger partial charge is 0.0318 e. The fraction of sp³-hybridized carbons (Fsp3) is 0.200. The molecule has 0 aromatic heterocycles. The van der Waals surface area contributed by atoms with Crippen LogP contribution in [0.15, 0.2) is 61.2 Å². The Morgan fingerprint density at radius 2 is 1.95 bits per heavy atom. The van der Waals surface area contributed by atoms with Gasteiger partial charge in [-0.05, 0) is 58.4 Å². The Hall–Kier alpha value is -0.290. The maximum atomic E-state index is 3.65. The molecule has 2 rings (SSSR count). The van der Waals surface area contributed by atoms with Gasteiger partial charge in [0, 0.05) is 25.3 Å². The van der Waals surface area contributed by atoms with Gasteiger partial charge >= 0.3 is 0 Å². The highest BCUT2D eigenvalue weighted by atomic mass is 79.9. The Labute approximate surface area is 135 Å². The Balaban J connectivity index is 2.13. The number of hydrogen-bond acceptors (Lipinski definition) is 2. The molecule has 1 N–H and O–H groups in total. The van der Waals surface area contributed by atoms with E-state index in [4.69, 9.17) is 0 Å². The normalized spacial score (nSPS) is 10.7. The molecule has 19 heavy (non-hydrogen) atoms. The lowest BCUT2D eigenvalue weighted by molar-refractivity contribution is 0.726. The largest absolute Gasteiger partial charge is 0.313 e. The van der Waals surface area contributed by atoms with Crippen molar-refractivity contribution in [2.45, 2.75) is 23.3 Å². The molecule has 0 bridgehead atoms. The van der Waals surface area contributed by atoms with Crippen LogP contribution in [-0.4, -0.2) is 6.54 Å². The fourth-order valence-corrected chi connectivity index (χ4v) is 3.76. The average Bonchev–Trinajstić information content (AvgIpc) is 2.39. The standard InChI is InChI=1S/C15H15Br2NS/c1-2-18-10-11-6-7-15(14(17)8-11)19-13-5-3-4-12(16)9-13/h3-9,18H,2,10H2,1H3. The first-order valence-electron chi connectivity index (χ1n) is 6.11. The van der Waals surface area contributed by atoms with Crippen LogP contribution in [0.5, 0.6) is 0 Å². The third kappa shape index (κ3) is 4.63. The summed E-state index contributed by atoms with van der Waals surface area (Å²) in [5.74, 6) is 0. The average molecular weight is 401 g/mol. The van der Waals surface area contributed by atoms with Crippen molar-refractivity contribution in [1.82, 2.24) is 5.32 Å². The zero-order valence-corrected chi connectivity index (χ0v) is 14.6. The molecule has 0 fully saturated rings. The van der Waals surface area contributed by atoms with Crippen LogP contribution in [0.2, 0.25) is 0 Å². The maximum Gasteiger partial charge on any atom is 0.0318 e. The van der Waals surface area contributed by atoms with Gasteiger partial charge in [-0.1, -0.05) is 46.7 Å². The molecule has 0 spiro atoms. The molecule has 0 aliphatic heterocycles. The van der Waals surface area contributed by atoms with Crippen molar-refractivity contribution in [3.63, 3.8) is 0 Å². The first-order valence-corrected chi connectivity index (χ1v) is 8.52. The molecule has 2 aromatic rings. The van der Waals surface area contributed by atoms with Crippen LogP contribution in [-0.2, 0) is 6.54 Å². The van der Waals surface area contributed by atoms with Crippen molar-refractivity contribution in [3.8, 4) is 0 Å². The van der Waals surface area contributed by atoms with E-state index < -0.39 is 0 Å². The summed E-state index contributed by atoms with van der Waals surface area (Å²) >= 11 is 8.92. The lowest BCUT2D eigenvalue weighted by Crippen LogP contribution is -2.11. The molecule has 0 amide bonds. The van der Waals surface area contributed by atoms with Gasteiger partial charge in [-0.15, -0.1) is 0 Å². The molecule has 2 aromatic carbocycles. The minimum absolute atomic E-state index is 0.914. The minimum atomic E-state index is 0.914. The molecule has 1 nitrogen and oxygen atoms in total. The van der Waals surface area contributed by atoms with E-state index in [-0.39, 0.29) is 0 Å². The molecular formula is C15H15Br2NS. The first-order chi connectivity index (χ1) is 9.19. The van der Waals surface area contributed by atoms with E-state index in [2.05, 4.69) is 80.5 Å². The van der Waals surface area contributed by atoms with Crippen molar-refractivity contribution in [2.75, 3.05) is 6.54 Å². The highest BCUT2D eigenvalue weighted by Crippen LogP contribution is 2.34. The van der Waals surface area contributed by atoms with E-state index in [1.54, 1.807) is 11.8 Å². The van der Waals surface area contributed by atoms with Gasteiger partial charge in [0.05, 0.1) is 0 Å². The number of hydrogen-bond donors (Lipinski definition) is 1. The monoisotopic (exact) mass is 399 g/mol. The lowest BCUT2D eigenvalue weighted by atomic mass is 10.2. The van der Waals surface area contributed by atoms with E-state index in [1.807, 2.05) is 6.07 Å². The quantitative estimate of drug-likeness (QED) is 0.713. The molecule has 0 saturated carbocycles. The molecule has 4 heteroatoms. The van der Waals surface area contributed by atoms with Crippen LogP contribution >= 0.6 is 43.6 Å². The summed E-state index contributed by atoms with van der Waals surface area (Å²) in [7, 11) is 0. The minimum Gasteiger partial charge on any atom is -0.313 e. The predicted molar refractivity (Wildman–Crippen MR) is 89.8 cm³/mol. The first kappa shape index (κ1) is 15.1. The molecule has 100 valence electrons. The van der Waals surface area contributed by atoms with Gasteiger partial charge in [0.2, 0.25) is 0 Å². The van der Waals surface area contributed by atoms with Crippen LogP contribution in [0.3, 0.4) is 0 Å². The molecule has 0 saturated heterocycles. The van der Waals surface area contributed by atoms with Crippen LogP contribution in [0.1, 0.15) is 12.5 Å².